The van der Waals surface area contributed by atoms with Crippen molar-refractivity contribution in [2.24, 2.45) is 5.41 Å². The van der Waals surface area contributed by atoms with Crippen LogP contribution < -0.4 is 0 Å². The minimum Gasteiger partial charge on any atom is -0.306 e. The molecule has 1 aliphatic carbocycles. The SMILES string of the molecule is CCC1(Cn2cn[nH]c2=S)CCC1. The summed E-state index contributed by atoms with van der Waals surface area (Å²) < 4.78 is 2.80. The largest absolute Gasteiger partial charge is 0.306 e. The molecule has 0 amide bonds. The minimum absolute atomic E-state index is 0.516. The molecule has 0 atom stereocenters. The van der Waals surface area contributed by atoms with Gasteiger partial charge in [-0.25, -0.2) is 0 Å². The molecule has 0 radical (unpaired) electrons. The third kappa shape index (κ3) is 1.55. The molecule has 1 heterocycles. The van der Waals surface area contributed by atoms with Crippen LogP contribution in [0.3, 0.4) is 0 Å². The van der Waals surface area contributed by atoms with E-state index in [1.54, 1.807) is 6.33 Å². The van der Waals surface area contributed by atoms with Gasteiger partial charge in [0.25, 0.3) is 0 Å². The van der Waals surface area contributed by atoms with Crippen molar-refractivity contribution in [3.63, 3.8) is 0 Å². The standard InChI is InChI=1S/C9H15N3S/c1-2-9(4-3-5-9)6-12-7-10-11-8(12)13/h7H,2-6H2,1H3,(H,11,13). The molecular formula is C9H15N3S. The minimum atomic E-state index is 0.516. The van der Waals surface area contributed by atoms with Crippen molar-refractivity contribution in [3.05, 3.63) is 11.1 Å². The zero-order chi connectivity index (χ0) is 9.31. The van der Waals surface area contributed by atoms with Crippen LogP contribution in [0.15, 0.2) is 6.33 Å². The van der Waals surface area contributed by atoms with E-state index in [0.29, 0.717) is 5.41 Å². The van der Waals surface area contributed by atoms with Crippen molar-refractivity contribution >= 4 is 12.2 Å². The molecule has 0 spiro atoms. The normalized spacial score (nSPS) is 19.8. The summed E-state index contributed by atoms with van der Waals surface area (Å²) in [6, 6.07) is 0. The van der Waals surface area contributed by atoms with E-state index < -0.39 is 0 Å². The number of H-pyrrole nitrogens is 1. The number of hydrogen-bond donors (Lipinski definition) is 1. The second kappa shape index (κ2) is 3.25. The van der Waals surface area contributed by atoms with Crippen LogP contribution in [-0.4, -0.2) is 14.8 Å². The van der Waals surface area contributed by atoms with Gasteiger partial charge < -0.3 is 4.57 Å². The Hall–Kier alpha value is -0.640. The number of nitrogens with one attached hydrogen (secondary N) is 1. The van der Waals surface area contributed by atoms with Crippen LogP contribution >= 0.6 is 12.2 Å². The van der Waals surface area contributed by atoms with Gasteiger partial charge in [-0.15, -0.1) is 0 Å². The Labute approximate surface area is 83.2 Å². The molecule has 72 valence electrons. The molecule has 0 unspecified atom stereocenters. The lowest BCUT2D eigenvalue weighted by Crippen LogP contribution is -2.33. The maximum Gasteiger partial charge on any atom is 0.194 e. The molecule has 13 heavy (non-hydrogen) atoms. The predicted molar refractivity (Wildman–Crippen MR) is 54.0 cm³/mol. The van der Waals surface area contributed by atoms with E-state index in [9.17, 15) is 0 Å². The highest BCUT2D eigenvalue weighted by Crippen LogP contribution is 2.44. The fourth-order valence-corrected chi connectivity index (χ4v) is 2.21. The molecule has 1 N–H and O–H groups in total. The van der Waals surface area contributed by atoms with E-state index in [1.165, 1.54) is 25.7 Å². The van der Waals surface area contributed by atoms with Gasteiger partial charge in [-0.1, -0.05) is 13.3 Å². The summed E-state index contributed by atoms with van der Waals surface area (Å²) in [6.45, 7) is 3.31. The summed E-state index contributed by atoms with van der Waals surface area (Å²) in [5.41, 5.74) is 0.516. The fraction of sp³-hybridized carbons (Fsp3) is 0.778. The maximum atomic E-state index is 5.12. The van der Waals surface area contributed by atoms with Crippen LogP contribution in [0, 0.1) is 10.2 Å². The summed E-state index contributed by atoms with van der Waals surface area (Å²) in [6.07, 6.45) is 7.12. The second-order valence-electron chi connectivity index (χ2n) is 4.00. The Morgan fingerprint density at radius 2 is 2.46 bits per heavy atom. The van der Waals surface area contributed by atoms with Gasteiger partial charge in [0.2, 0.25) is 0 Å². The van der Waals surface area contributed by atoms with Gasteiger partial charge >= 0.3 is 0 Å². The molecule has 4 heteroatoms. The van der Waals surface area contributed by atoms with Crippen molar-refractivity contribution in [2.45, 2.75) is 39.2 Å². The van der Waals surface area contributed by atoms with Crippen LogP contribution in [0.2, 0.25) is 0 Å². The van der Waals surface area contributed by atoms with E-state index in [0.717, 1.165) is 11.3 Å². The van der Waals surface area contributed by atoms with Gasteiger partial charge in [-0.2, -0.15) is 5.10 Å². The molecule has 1 aromatic heterocycles. The first-order chi connectivity index (χ1) is 6.26. The van der Waals surface area contributed by atoms with Gasteiger partial charge in [0.05, 0.1) is 0 Å². The van der Waals surface area contributed by atoms with Crippen molar-refractivity contribution in [3.8, 4) is 0 Å². The summed E-state index contributed by atoms with van der Waals surface area (Å²) in [5, 5.41) is 6.72. The molecule has 3 nitrogen and oxygen atoms in total. The fourth-order valence-electron chi connectivity index (χ4n) is 2.04. The van der Waals surface area contributed by atoms with Crippen LogP contribution in [0.4, 0.5) is 0 Å². The number of aromatic nitrogens is 3. The Bertz CT molecular complexity index is 329. The molecule has 1 aliphatic rings. The predicted octanol–water partition coefficient (Wildman–Crippen LogP) is 2.52. The van der Waals surface area contributed by atoms with Crippen molar-refractivity contribution in [2.75, 3.05) is 0 Å². The number of rotatable bonds is 3. The first-order valence-corrected chi connectivity index (χ1v) is 5.26. The lowest BCUT2D eigenvalue weighted by molar-refractivity contribution is 0.0996. The topological polar surface area (TPSA) is 33.6 Å². The van der Waals surface area contributed by atoms with Gasteiger partial charge in [0.1, 0.15) is 6.33 Å². The van der Waals surface area contributed by atoms with E-state index in [2.05, 4.69) is 21.7 Å². The zero-order valence-electron chi connectivity index (χ0n) is 7.92. The zero-order valence-corrected chi connectivity index (χ0v) is 8.73. The van der Waals surface area contributed by atoms with E-state index in [4.69, 9.17) is 12.2 Å². The smallest absolute Gasteiger partial charge is 0.194 e. The van der Waals surface area contributed by atoms with Crippen LogP contribution in [0.5, 0.6) is 0 Å². The van der Waals surface area contributed by atoms with Crippen LogP contribution in [0.1, 0.15) is 32.6 Å². The first kappa shape index (κ1) is 8.94. The molecule has 2 rings (SSSR count). The summed E-state index contributed by atoms with van der Waals surface area (Å²) in [4.78, 5) is 0. The van der Waals surface area contributed by atoms with Crippen LogP contribution in [0.25, 0.3) is 0 Å². The molecule has 1 fully saturated rings. The highest BCUT2D eigenvalue weighted by atomic mass is 32.1. The van der Waals surface area contributed by atoms with E-state index >= 15 is 0 Å². The lowest BCUT2D eigenvalue weighted by atomic mass is 9.67. The Kier molecular flexibility index (Phi) is 2.24. The number of nitrogens with zero attached hydrogens (tertiary/aromatic N) is 2. The van der Waals surface area contributed by atoms with Gasteiger partial charge in [0, 0.05) is 6.54 Å². The van der Waals surface area contributed by atoms with Crippen molar-refractivity contribution in [1.82, 2.24) is 14.8 Å². The van der Waals surface area contributed by atoms with Gasteiger partial charge in [0.15, 0.2) is 4.77 Å². The highest BCUT2D eigenvalue weighted by molar-refractivity contribution is 7.71. The van der Waals surface area contributed by atoms with Crippen LogP contribution in [-0.2, 0) is 6.54 Å². The molecule has 0 bridgehead atoms. The molecule has 1 saturated carbocycles. The second-order valence-corrected chi connectivity index (χ2v) is 4.38. The monoisotopic (exact) mass is 197 g/mol. The number of hydrogen-bond acceptors (Lipinski definition) is 2. The summed E-state index contributed by atoms with van der Waals surface area (Å²) in [7, 11) is 0. The Morgan fingerprint density at radius 3 is 2.85 bits per heavy atom. The lowest BCUT2D eigenvalue weighted by Gasteiger charge is -2.41. The number of aromatic amines is 1. The quantitative estimate of drug-likeness (QED) is 0.755. The molecule has 0 aliphatic heterocycles. The molecule has 0 saturated heterocycles. The average Bonchev–Trinajstić information content (AvgIpc) is 2.44. The molecular weight excluding hydrogens is 182 g/mol. The summed E-state index contributed by atoms with van der Waals surface area (Å²) >= 11 is 5.12. The Morgan fingerprint density at radius 1 is 1.69 bits per heavy atom. The molecule has 1 aromatic rings. The summed E-state index contributed by atoms with van der Waals surface area (Å²) in [5.74, 6) is 0. The third-order valence-corrected chi connectivity index (χ3v) is 3.61. The van der Waals surface area contributed by atoms with Gasteiger partial charge in [-0.3, -0.25) is 5.10 Å². The van der Waals surface area contributed by atoms with Gasteiger partial charge in [-0.05, 0) is 36.9 Å². The van der Waals surface area contributed by atoms with Crippen molar-refractivity contribution in [1.29, 1.82) is 0 Å². The van der Waals surface area contributed by atoms with Crippen molar-refractivity contribution < 1.29 is 0 Å². The molecule has 0 aromatic carbocycles. The van der Waals surface area contributed by atoms with E-state index in [-0.39, 0.29) is 0 Å². The van der Waals surface area contributed by atoms with E-state index in [1.807, 2.05) is 0 Å². The average molecular weight is 197 g/mol. The Balaban J connectivity index is 2.13. The maximum absolute atomic E-state index is 5.12. The first-order valence-electron chi connectivity index (χ1n) is 4.86. The highest BCUT2D eigenvalue weighted by Gasteiger charge is 2.35. The third-order valence-electron chi connectivity index (χ3n) is 3.29.